The van der Waals surface area contributed by atoms with Gasteiger partial charge in [0.1, 0.15) is 0 Å². The molecule has 136 valence electrons. The summed E-state index contributed by atoms with van der Waals surface area (Å²) < 4.78 is 5.25. The number of fused-ring (bicyclic) bond motifs is 2. The van der Waals surface area contributed by atoms with Gasteiger partial charge >= 0.3 is 0 Å². The lowest BCUT2D eigenvalue weighted by atomic mass is 10.1. The van der Waals surface area contributed by atoms with Gasteiger partial charge in [-0.2, -0.15) is 0 Å². The van der Waals surface area contributed by atoms with Gasteiger partial charge in [0, 0.05) is 56.0 Å². The first-order valence-electron chi connectivity index (χ1n) is 8.85. The Morgan fingerprint density at radius 1 is 1.19 bits per heavy atom. The molecule has 2 aromatic heterocycles. The fourth-order valence-corrected chi connectivity index (χ4v) is 3.47. The average Bonchev–Trinajstić information content (AvgIpc) is 3.16. The first-order valence-corrected chi connectivity index (χ1v) is 8.85. The summed E-state index contributed by atoms with van der Waals surface area (Å²) >= 11 is 0. The number of nitrogens with one attached hydrogen (secondary N) is 1. The van der Waals surface area contributed by atoms with Crippen molar-refractivity contribution in [1.82, 2.24) is 15.0 Å². The number of aromatic nitrogens is 3. The maximum Gasteiger partial charge on any atom is 0.162 e. The maximum atomic E-state index is 9.36. The molecule has 7 heteroatoms. The molecule has 0 radical (unpaired) electrons. The molecule has 0 spiro atoms. The second-order valence-electron chi connectivity index (χ2n) is 6.34. The number of rotatable bonds is 6. The van der Waals surface area contributed by atoms with E-state index in [1.165, 1.54) is 0 Å². The van der Waals surface area contributed by atoms with Crippen molar-refractivity contribution < 1.29 is 9.84 Å². The standard InChI is InChI=1S/C19H23N5O2/c1-26-12-10-24-8-7-23(9-11-25)17-13-21-18(22-19(17)24)15-3-2-4-16-14(15)5-6-20-16/h2-6,13,20,25H,7-12H2,1H3. The first kappa shape index (κ1) is 16.8. The summed E-state index contributed by atoms with van der Waals surface area (Å²) in [5.41, 5.74) is 3.05. The number of β-amino-alcohol motifs (C(OH)–C–C–N with tert-alkyl or cyclic N) is 1. The van der Waals surface area contributed by atoms with E-state index in [0.29, 0.717) is 19.0 Å². The zero-order valence-corrected chi connectivity index (χ0v) is 14.9. The van der Waals surface area contributed by atoms with Crippen molar-refractivity contribution in [3.05, 3.63) is 36.7 Å². The number of benzene rings is 1. The van der Waals surface area contributed by atoms with Gasteiger partial charge < -0.3 is 24.6 Å². The van der Waals surface area contributed by atoms with Crippen LogP contribution >= 0.6 is 0 Å². The highest BCUT2D eigenvalue weighted by molar-refractivity contribution is 5.93. The second kappa shape index (κ2) is 7.31. The van der Waals surface area contributed by atoms with E-state index in [1.807, 2.05) is 36.7 Å². The highest BCUT2D eigenvalue weighted by Crippen LogP contribution is 2.33. The summed E-state index contributed by atoms with van der Waals surface area (Å²) in [6.07, 6.45) is 3.80. The molecule has 4 rings (SSSR count). The second-order valence-corrected chi connectivity index (χ2v) is 6.34. The Morgan fingerprint density at radius 2 is 2.08 bits per heavy atom. The monoisotopic (exact) mass is 353 g/mol. The third kappa shape index (κ3) is 3.00. The third-order valence-electron chi connectivity index (χ3n) is 4.80. The SMILES string of the molecule is COCCN1CCN(CCO)c2cnc(-c3cccc4[nH]ccc34)nc21. The van der Waals surface area contributed by atoms with Gasteiger partial charge in [-0.1, -0.05) is 12.1 Å². The van der Waals surface area contributed by atoms with E-state index in [-0.39, 0.29) is 6.61 Å². The zero-order valence-electron chi connectivity index (χ0n) is 14.9. The van der Waals surface area contributed by atoms with Crippen LogP contribution in [0.2, 0.25) is 0 Å². The molecule has 26 heavy (non-hydrogen) atoms. The van der Waals surface area contributed by atoms with Gasteiger partial charge in [0.2, 0.25) is 0 Å². The van der Waals surface area contributed by atoms with E-state index in [2.05, 4.69) is 19.8 Å². The van der Waals surface area contributed by atoms with Crippen molar-refractivity contribution in [2.75, 3.05) is 56.3 Å². The summed E-state index contributed by atoms with van der Waals surface area (Å²) in [4.78, 5) is 17.1. The molecule has 1 aliphatic heterocycles. The summed E-state index contributed by atoms with van der Waals surface area (Å²) in [7, 11) is 1.71. The number of aromatic amines is 1. The van der Waals surface area contributed by atoms with Crippen molar-refractivity contribution in [2.45, 2.75) is 0 Å². The van der Waals surface area contributed by atoms with Crippen LogP contribution in [0.25, 0.3) is 22.3 Å². The Kier molecular flexibility index (Phi) is 4.73. The molecule has 0 aliphatic carbocycles. The Morgan fingerprint density at radius 3 is 2.92 bits per heavy atom. The van der Waals surface area contributed by atoms with Crippen molar-refractivity contribution in [3.63, 3.8) is 0 Å². The molecule has 0 fully saturated rings. The molecule has 0 bridgehead atoms. The van der Waals surface area contributed by atoms with Gasteiger partial charge in [-0.25, -0.2) is 9.97 Å². The van der Waals surface area contributed by atoms with Crippen LogP contribution in [0, 0.1) is 0 Å². The van der Waals surface area contributed by atoms with Crippen LogP contribution < -0.4 is 9.80 Å². The molecule has 1 aromatic carbocycles. The highest BCUT2D eigenvalue weighted by atomic mass is 16.5. The van der Waals surface area contributed by atoms with Crippen LogP contribution in [0.3, 0.4) is 0 Å². The lowest BCUT2D eigenvalue weighted by Gasteiger charge is -2.37. The van der Waals surface area contributed by atoms with Crippen molar-refractivity contribution in [2.24, 2.45) is 0 Å². The van der Waals surface area contributed by atoms with Gasteiger partial charge in [0.05, 0.1) is 25.1 Å². The number of hydrogen-bond donors (Lipinski definition) is 2. The molecule has 0 amide bonds. The maximum absolute atomic E-state index is 9.36. The molecule has 3 heterocycles. The van der Waals surface area contributed by atoms with E-state index in [4.69, 9.17) is 9.72 Å². The summed E-state index contributed by atoms with van der Waals surface area (Å²) in [6.45, 7) is 3.81. The zero-order chi connectivity index (χ0) is 17.9. The van der Waals surface area contributed by atoms with E-state index < -0.39 is 0 Å². The number of aliphatic hydroxyl groups is 1. The fourth-order valence-electron chi connectivity index (χ4n) is 3.47. The van der Waals surface area contributed by atoms with Crippen LogP contribution in [0.15, 0.2) is 36.7 Å². The lowest BCUT2D eigenvalue weighted by molar-refractivity contribution is 0.205. The summed E-state index contributed by atoms with van der Waals surface area (Å²) in [5, 5.41) is 10.5. The predicted octanol–water partition coefficient (Wildman–Crippen LogP) is 1.89. The minimum atomic E-state index is 0.113. The van der Waals surface area contributed by atoms with Crippen molar-refractivity contribution >= 4 is 22.4 Å². The van der Waals surface area contributed by atoms with Crippen LogP contribution in [0.4, 0.5) is 11.5 Å². The Labute approximate surface area is 152 Å². The van der Waals surface area contributed by atoms with E-state index in [9.17, 15) is 5.11 Å². The molecule has 0 saturated carbocycles. The van der Waals surface area contributed by atoms with Crippen LogP contribution in [0.1, 0.15) is 0 Å². The highest BCUT2D eigenvalue weighted by Gasteiger charge is 2.25. The molecule has 2 N–H and O–H groups in total. The molecule has 3 aromatic rings. The molecule has 0 saturated heterocycles. The predicted molar refractivity (Wildman–Crippen MR) is 103 cm³/mol. The number of hydrogen-bond acceptors (Lipinski definition) is 6. The van der Waals surface area contributed by atoms with Gasteiger partial charge in [-0.3, -0.25) is 0 Å². The molecular formula is C19H23N5O2. The number of ether oxygens (including phenoxy) is 1. The Hall–Kier alpha value is -2.64. The Balaban J connectivity index is 1.78. The fraction of sp³-hybridized carbons (Fsp3) is 0.368. The minimum absolute atomic E-state index is 0.113. The number of methoxy groups -OCH3 is 1. The molecule has 0 atom stereocenters. The minimum Gasteiger partial charge on any atom is -0.395 e. The van der Waals surface area contributed by atoms with Gasteiger partial charge in [0.15, 0.2) is 11.6 Å². The van der Waals surface area contributed by atoms with E-state index >= 15 is 0 Å². The lowest BCUT2D eigenvalue weighted by Crippen LogP contribution is -2.44. The average molecular weight is 353 g/mol. The topological polar surface area (TPSA) is 77.5 Å². The summed E-state index contributed by atoms with van der Waals surface area (Å²) in [5.74, 6) is 1.61. The summed E-state index contributed by atoms with van der Waals surface area (Å²) in [6, 6.07) is 8.16. The number of aliphatic hydroxyl groups excluding tert-OH is 1. The first-order chi connectivity index (χ1) is 12.8. The van der Waals surface area contributed by atoms with Gasteiger partial charge in [-0.05, 0) is 12.1 Å². The molecule has 1 aliphatic rings. The van der Waals surface area contributed by atoms with Crippen LogP contribution in [0.5, 0.6) is 0 Å². The van der Waals surface area contributed by atoms with E-state index in [0.717, 1.165) is 47.6 Å². The normalized spacial score (nSPS) is 14.1. The van der Waals surface area contributed by atoms with Crippen LogP contribution in [-0.2, 0) is 4.74 Å². The van der Waals surface area contributed by atoms with Gasteiger partial charge in [-0.15, -0.1) is 0 Å². The quantitative estimate of drug-likeness (QED) is 0.705. The third-order valence-corrected chi connectivity index (χ3v) is 4.80. The Bertz CT molecular complexity index is 895. The molecular weight excluding hydrogens is 330 g/mol. The molecule has 7 nitrogen and oxygen atoms in total. The number of nitrogens with zero attached hydrogens (tertiary/aromatic N) is 4. The molecule has 0 unspecified atom stereocenters. The van der Waals surface area contributed by atoms with Crippen molar-refractivity contribution in [3.8, 4) is 11.4 Å². The smallest absolute Gasteiger partial charge is 0.162 e. The van der Waals surface area contributed by atoms with E-state index in [1.54, 1.807) is 7.11 Å². The number of H-pyrrole nitrogens is 1. The largest absolute Gasteiger partial charge is 0.395 e. The number of anilines is 2. The van der Waals surface area contributed by atoms with Crippen LogP contribution in [-0.4, -0.2) is 66.6 Å². The van der Waals surface area contributed by atoms with Gasteiger partial charge in [0.25, 0.3) is 0 Å². The van der Waals surface area contributed by atoms with Crippen molar-refractivity contribution in [1.29, 1.82) is 0 Å².